The van der Waals surface area contributed by atoms with E-state index in [0.717, 1.165) is 22.5 Å². The van der Waals surface area contributed by atoms with E-state index in [4.69, 9.17) is 0 Å². The van der Waals surface area contributed by atoms with Crippen LogP contribution in [-0.2, 0) is 11.2 Å². The van der Waals surface area contributed by atoms with Gasteiger partial charge in [0, 0.05) is 17.2 Å². The zero-order valence-corrected chi connectivity index (χ0v) is 14.5. The zero-order chi connectivity index (χ0) is 18.1. The Morgan fingerprint density at radius 3 is 2.88 bits per heavy atom. The van der Waals surface area contributed by atoms with Crippen molar-refractivity contribution in [1.82, 2.24) is 15.2 Å². The molecule has 1 saturated carbocycles. The van der Waals surface area contributed by atoms with Gasteiger partial charge in [-0.05, 0) is 49.1 Å². The number of aromatic hydroxyl groups is 1. The lowest BCUT2D eigenvalue weighted by Gasteiger charge is -2.07. The third-order valence-corrected chi connectivity index (χ3v) is 4.51. The molecular weight excluding hydrogens is 328 g/mol. The van der Waals surface area contributed by atoms with Gasteiger partial charge >= 0.3 is 0 Å². The van der Waals surface area contributed by atoms with E-state index in [1.54, 1.807) is 12.1 Å². The molecule has 1 aromatic heterocycles. The second kappa shape index (κ2) is 6.63. The van der Waals surface area contributed by atoms with Crippen molar-refractivity contribution in [2.24, 2.45) is 0 Å². The highest BCUT2D eigenvalue weighted by Gasteiger charge is 2.27. The zero-order valence-electron chi connectivity index (χ0n) is 14.5. The van der Waals surface area contributed by atoms with Gasteiger partial charge in [0.2, 0.25) is 5.91 Å². The second-order valence-corrected chi connectivity index (χ2v) is 6.75. The largest absolute Gasteiger partial charge is 0.508 e. The number of aromatic amines is 1. The average molecular weight is 348 g/mol. The molecule has 1 heterocycles. The number of aryl methyl sites for hydroxylation is 1. The van der Waals surface area contributed by atoms with Crippen molar-refractivity contribution in [2.75, 3.05) is 5.32 Å². The summed E-state index contributed by atoms with van der Waals surface area (Å²) in [6.45, 7) is 1.82. The number of nitrogens with zero attached hydrogens (tertiary/aromatic N) is 2. The minimum absolute atomic E-state index is 0.140. The molecule has 3 N–H and O–H groups in total. The molecule has 0 bridgehead atoms. The van der Waals surface area contributed by atoms with Crippen LogP contribution in [0.15, 0.2) is 42.5 Å². The van der Waals surface area contributed by atoms with Crippen molar-refractivity contribution in [2.45, 2.75) is 32.1 Å². The number of nitrogens with one attached hydrogen (secondary N) is 2. The van der Waals surface area contributed by atoms with Gasteiger partial charge in [-0.3, -0.25) is 9.89 Å². The number of phenols is 1. The Labute approximate surface area is 151 Å². The summed E-state index contributed by atoms with van der Waals surface area (Å²) in [5, 5.41) is 19.9. The fourth-order valence-corrected chi connectivity index (χ4v) is 2.83. The van der Waals surface area contributed by atoms with Gasteiger partial charge in [-0.1, -0.05) is 24.3 Å². The van der Waals surface area contributed by atoms with Crippen molar-refractivity contribution in [1.29, 1.82) is 0 Å². The van der Waals surface area contributed by atoms with E-state index < -0.39 is 0 Å². The molecule has 0 saturated heterocycles. The first-order chi connectivity index (χ1) is 12.6. The maximum absolute atomic E-state index is 12.3. The monoisotopic (exact) mass is 348 g/mol. The molecule has 6 nitrogen and oxygen atoms in total. The van der Waals surface area contributed by atoms with E-state index in [1.807, 2.05) is 37.3 Å². The van der Waals surface area contributed by atoms with Crippen molar-refractivity contribution in [3.8, 4) is 17.1 Å². The standard InChI is InChI=1S/C20H20N4O2/c1-12-5-6-13(9-17(12)25)10-18(26)21-16-4-2-3-15(11-16)20-22-19(23-24-20)14-7-8-14/h2-6,9,11,14,25H,7-8,10H2,1H3,(H,21,26)(H,22,23,24). The summed E-state index contributed by atoms with van der Waals surface area (Å²) in [7, 11) is 0. The fraction of sp³-hybridized carbons (Fsp3) is 0.250. The van der Waals surface area contributed by atoms with Gasteiger partial charge in [0.1, 0.15) is 11.6 Å². The SMILES string of the molecule is Cc1ccc(CC(=O)Nc2cccc(-c3n[nH]c(C4CC4)n3)c2)cc1O. The van der Waals surface area contributed by atoms with E-state index in [-0.39, 0.29) is 18.1 Å². The van der Waals surface area contributed by atoms with Crippen LogP contribution >= 0.6 is 0 Å². The number of carbonyl (C=O) groups is 1. The van der Waals surface area contributed by atoms with Crippen LogP contribution < -0.4 is 5.32 Å². The van der Waals surface area contributed by atoms with E-state index in [1.165, 1.54) is 12.8 Å². The molecule has 2 aromatic carbocycles. The molecule has 0 spiro atoms. The normalized spacial score (nSPS) is 13.6. The molecule has 0 radical (unpaired) electrons. The Morgan fingerprint density at radius 2 is 2.12 bits per heavy atom. The second-order valence-electron chi connectivity index (χ2n) is 6.75. The van der Waals surface area contributed by atoms with Crippen molar-refractivity contribution in [3.63, 3.8) is 0 Å². The van der Waals surface area contributed by atoms with Crippen LogP contribution in [-0.4, -0.2) is 26.2 Å². The molecule has 1 aliphatic carbocycles. The number of anilines is 1. The van der Waals surface area contributed by atoms with Crippen LogP contribution in [0.3, 0.4) is 0 Å². The predicted molar refractivity (Wildman–Crippen MR) is 99.0 cm³/mol. The number of rotatable bonds is 5. The Kier molecular flexibility index (Phi) is 4.16. The third-order valence-electron chi connectivity index (χ3n) is 4.51. The third kappa shape index (κ3) is 3.59. The summed E-state index contributed by atoms with van der Waals surface area (Å²) in [6.07, 6.45) is 2.53. The maximum Gasteiger partial charge on any atom is 0.228 e. The van der Waals surface area contributed by atoms with Crippen molar-refractivity contribution in [3.05, 3.63) is 59.4 Å². The number of amides is 1. The minimum Gasteiger partial charge on any atom is -0.508 e. The van der Waals surface area contributed by atoms with Crippen molar-refractivity contribution >= 4 is 11.6 Å². The molecule has 132 valence electrons. The first-order valence-electron chi connectivity index (χ1n) is 8.69. The number of aromatic nitrogens is 3. The molecule has 6 heteroatoms. The van der Waals surface area contributed by atoms with Crippen LogP contribution in [0.1, 0.15) is 35.7 Å². The van der Waals surface area contributed by atoms with Gasteiger partial charge in [0.15, 0.2) is 5.82 Å². The van der Waals surface area contributed by atoms with Gasteiger partial charge in [-0.15, -0.1) is 0 Å². The fourth-order valence-electron chi connectivity index (χ4n) is 2.83. The molecule has 1 fully saturated rings. The Morgan fingerprint density at radius 1 is 1.27 bits per heavy atom. The lowest BCUT2D eigenvalue weighted by molar-refractivity contribution is -0.115. The summed E-state index contributed by atoms with van der Waals surface area (Å²) >= 11 is 0. The number of hydrogen-bond acceptors (Lipinski definition) is 4. The summed E-state index contributed by atoms with van der Waals surface area (Å²) < 4.78 is 0. The topological polar surface area (TPSA) is 90.9 Å². The van der Waals surface area contributed by atoms with Gasteiger partial charge < -0.3 is 10.4 Å². The van der Waals surface area contributed by atoms with Gasteiger partial charge in [-0.25, -0.2) is 4.98 Å². The highest BCUT2D eigenvalue weighted by Crippen LogP contribution is 2.38. The first kappa shape index (κ1) is 16.3. The van der Waals surface area contributed by atoms with Gasteiger partial charge in [0.25, 0.3) is 0 Å². The van der Waals surface area contributed by atoms with E-state index in [0.29, 0.717) is 17.4 Å². The average Bonchev–Trinajstić information content (AvgIpc) is 3.35. The Hall–Kier alpha value is -3.15. The number of H-pyrrole nitrogens is 1. The maximum atomic E-state index is 12.3. The molecule has 3 aromatic rings. The molecule has 4 rings (SSSR count). The predicted octanol–water partition coefficient (Wildman–Crippen LogP) is 3.54. The van der Waals surface area contributed by atoms with E-state index in [9.17, 15) is 9.90 Å². The lowest BCUT2D eigenvalue weighted by Crippen LogP contribution is -2.14. The smallest absolute Gasteiger partial charge is 0.228 e. The number of benzene rings is 2. The quantitative estimate of drug-likeness (QED) is 0.658. The summed E-state index contributed by atoms with van der Waals surface area (Å²) in [5.41, 5.74) is 3.12. The van der Waals surface area contributed by atoms with Crippen LogP contribution in [0.4, 0.5) is 5.69 Å². The Balaban J connectivity index is 1.45. The van der Waals surface area contributed by atoms with Crippen LogP contribution in [0, 0.1) is 6.92 Å². The highest BCUT2D eigenvalue weighted by molar-refractivity contribution is 5.92. The summed E-state index contributed by atoms with van der Waals surface area (Å²) in [5.74, 6) is 2.16. The van der Waals surface area contributed by atoms with E-state index >= 15 is 0 Å². The molecule has 26 heavy (non-hydrogen) atoms. The summed E-state index contributed by atoms with van der Waals surface area (Å²) in [6, 6.07) is 12.8. The Bertz CT molecular complexity index is 960. The molecule has 1 amide bonds. The van der Waals surface area contributed by atoms with Gasteiger partial charge in [0.05, 0.1) is 6.42 Å². The van der Waals surface area contributed by atoms with Crippen molar-refractivity contribution < 1.29 is 9.90 Å². The molecule has 0 unspecified atom stereocenters. The molecule has 0 aliphatic heterocycles. The minimum atomic E-state index is -0.140. The molecule has 0 atom stereocenters. The van der Waals surface area contributed by atoms with Crippen LogP contribution in [0.5, 0.6) is 5.75 Å². The molecule has 1 aliphatic rings. The summed E-state index contributed by atoms with van der Waals surface area (Å²) in [4.78, 5) is 16.8. The number of phenolic OH excluding ortho intramolecular Hbond substituents is 1. The lowest BCUT2D eigenvalue weighted by atomic mass is 10.1. The highest BCUT2D eigenvalue weighted by atomic mass is 16.3. The van der Waals surface area contributed by atoms with E-state index in [2.05, 4.69) is 20.5 Å². The molecular formula is C20H20N4O2. The number of hydrogen-bond donors (Lipinski definition) is 3. The first-order valence-corrected chi connectivity index (χ1v) is 8.69. The van der Waals surface area contributed by atoms with Crippen LogP contribution in [0.25, 0.3) is 11.4 Å². The van der Waals surface area contributed by atoms with Gasteiger partial charge in [-0.2, -0.15) is 5.10 Å². The van der Waals surface area contributed by atoms with Crippen LogP contribution in [0.2, 0.25) is 0 Å². The number of carbonyl (C=O) groups excluding carboxylic acids is 1.